The zero-order chi connectivity index (χ0) is 15.6. The van der Waals surface area contributed by atoms with Gasteiger partial charge < -0.3 is 4.42 Å². The van der Waals surface area contributed by atoms with Gasteiger partial charge in [-0.1, -0.05) is 34.1 Å². The lowest BCUT2D eigenvalue weighted by Gasteiger charge is -2.06. The molecule has 3 rings (SSSR count). The number of sulfonamides is 1. The van der Waals surface area contributed by atoms with E-state index in [2.05, 4.69) is 20.7 Å². The number of para-hydroxylation sites is 1. The van der Waals surface area contributed by atoms with Crippen LogP contribution in [-0.4, -0.2) is 15.0 Å². The normalized spacial score (nSPS) is 11.9. The molecule has 0 amide bonds. The minimum absolute atomic E-state index is 0.257. The number of hydrogen-bond donors (Lipinski definition) is 1. The second-order valence-electron chi connectivity index (χ2n) is 4.86. The molecule has 4 nitrogen and oxygen atoms in total. The molecular weight excluding hydrogens is 366 g/mol. The molecule has 1 aromatic heterocycles. The molecule has 0 saturated carbocycles. The molecule has 0 saturated heterocycles. The largest absolute Gasteiger partial charge is 0.464 e. The summed E-state index contributed by atoms with van der Waals surface area (Å²) in [5, 5.41) is 1.02. The fraction of sp³-hybridized carbons (Fsp3) is 0.125. The number of hydrogen-bond acceptors (Lipinski definition) is 3. The topological polar surface area (TPSA) is 59.3 Å². The first-order valence-corrected chi connectivity index (χ1v) is 9.04. The molecule has 6 heteroatoms. The average molecular weight is 380 g/mol. The van der Waals surface area contributed by atoms with Crippen molar-refractivity contribution in [1.29, 1.82) is 0 Å². The van der Waals surface area contributed by atoms with Gasteiger partial charge in [-0.05, 0) is 42.3 Å². The molecule has 1 heterocycles. The van der Waals surface area contributed by atoms with Crippen LogP contribution in [0.2, 0.25) is 0 Å². The van der Waals surface area contributed by atoms with Crippen LogP contribution in [0.3, 0.4) is 0 Å². The molecule has 2 aromatic carbocycles. The van der Waals surface area contributed by atoms with Gasteiger partial charge in [-0.15, -0.1) is 0 Å². The van der Waals surface area contributed by atoms with Crippen molar-refractivity contribution in [2.45, 2.75) is 11.3 Å². The molecule has 114 valence electrons. The van der Waals surface area contributed by atoms with E-state index < -0.39 is 10.0 Å². The minimum Gasteiger partial charge on any atom is -0.464 e. The SMILES string of the molecule is O=S(=O)(NCCc1coc2ccccc12)c1ccc(Br)cc1. The standard InChI is InChI=1S/C16H14BrNO3S/c17-13-5-7-14(8-6-13)22(19,20)18-10-9-12-11-21-16-4-2-1-3-15(12)16/h1-8,11,18H,9-10H2. The summed E-state index contributed by atoms with van der Waals surface area (Å²) >= 11 is 3.29. The van der Waals surface area contributed by atoms with E-state index in [0.29, 0.717) is 13.0 Å². The van der Waals surface area contributed by atoms with Gasteiger partial charge in [0, 0.05) is 16.4 Å². The number of furan rings is 1. The Balaban J connectivity index is 1.68. The van der Waals surface area contributed by atoms with E-state index in [1.165, 1.54) is 0 Å². The molecule has 0 radical (unpaired) electrons. The maximum Gasteiger partial charge on any atom is 0.240 e. The van der Waals surface area contributed by atoms with Crippen LogP contribution in [0.1, 0.15) is 5.56 Å². The van der Waals surface area contributed by atoms with Crippen LogP contribution in [0.5, 0.6) is 0 Å². The predicted molar refractivity (Wildman–Crippen MR) is 89.2 cm³/mol. The van der Waals surface area contributed by atoms with E-state index in [0.717, 1.165) is 21.0 Å². The highest BCUT2D eigenvalue weighted by Gasteiger charge is 2.13. The number of nitrogens with one attached hydrogen (secondary N) is 1. The Kier molecular flexibility index (Phi) is 4.33. The molecule has 0 fully saturated rings. The maximum atomic E-state index is 12.2. The third kappa shape index (κ3) is 3.24. The van der Waals surface area contributed by atoms with Gasteiger partial charge in [-0.3, -0.25) is 0 Å². The Hall–Kier alpha value is -1.63. The number of halogens is 1. The molecule has 0 bridgehead atoms. The quantitative estimate of drug-likeness (QED) is 0.734. The second-order valence-corrected chi connectivity index (χ2v) is 7.54. The van der Waals surface area contributed by atoms with Gasteiger partial charge in [0.05, 0.1) is 11.2 Å². The van der Waals surface area contributed by atoms with E-state index in [1.54, 1.807) is 30.5 Å². The van der Waals surface area contributed by atoms with Crippen LogP contribution < -0.4 is 4.72 Å². The first kappa shape index (κ1) is 15.3. The summed E-state index contributed by atoms with van der Waals surface area (Å²) in [7, 11) is -3.48. The lowest BCUT2D eigenvalue weighted by Crippen LogP contribution is -2.25. The van der Waals surface area contributed by atoms with Gasteiger partial charge in [0.15, 0.2) is 0 Å². The van der Waals surface area contributed by atoms with Gasteiger partial charge in [0.1, 0.15) is 5.58 Å². The predicted octanol–water partition coefficient (Wildman–Crippen LogP) is 3.72. The van der Waals surface area contributed by atoms with Gasteiger partial charge in [0.2, 0.25) is 10.0 Å². The Labute approximate surface area is 137 Å². The van der Waals surface area contributed by atoms with Crippen LogP contribution in [0.25, 0.3) is 11.0 Å². The second kappa shape index (κ2) is 6.24. The van der Waals surface area contributed by atoms with Crippen LogP contribution in [0.15, 0.2) is 68.6 Å². The average Bonchev–Trinajstić information content (AvgIpc) is 2.91. The summed E-state index contributed by atoms with van der Waals surface area (Å²) in [5.41, 5.74) is 1.81. The Morgan fingerprint density at radius 2 is 1.77 bits per heavy atom. The van der Waals surface area contributed by atoms with E-state index >= 15 is 0 Å². The van der Waals surface area contributed by atoms with Crippen molar-refractivity contribution < 1.29 is 12.8 Å². The maximum absolute atomic E-state index is 12.2. The number of benzene rings is 2. The smallest absolute Gasteiger partial charge is 0.240 e. The highest BCUT2D eigenvalue weighted by Crippen LogP contribution is 2.21. The minimum atomic E-state index is -3.48. The Morgan fingerprint density at radius 3 is 2.55 bits per heavy atom. The summed E-state index contributed by atoms with van der Waals surface area (Å²) < 4.78 is 33.3. The molecule has 0 aliphatic carbocycles. The molecular formula is C16H14BrNO3S. The van der Waals surface area contributed by atoms with E-state index in [1.807, 2.05) is 24.3 Å². The summed E-state index contributed by atoms with van der Waals surface area (Å²) in [4.78, 5) is 0.257. The van der Waals surface area contributed by atoms with Crippen LogP contribution in [0, 0.1) is 0 Å². The number of rotatable bonds is 5. The van der Waals surface area contributed by atoms with Gasteiger partial charge in [0.25, 0.3) is 0 Å². The van der Waals surface area contributed by atoms with Crippen LogP contribution >= 0.6 is 15.9 Å². The molecule has 22 heavy (non-hydrogen) atoms. The number of fused-ring (bicyclic) bond motifs is 1. The van der Waals surface area contributed by atoms with Crippen LogP contribution in [0.4, 0.5) is 0 Å². The van der Waals surface area contributed by atoms with Crippen molar-refractivity contribution >= 4 is 36.9 Å². The molecule has 0 aliphatic rings. The van der Waals surface area contributed by atoms with E-state index in [9.17, 15) is 8.42 Å². The molecule has 3 aromatic rings. The zero-order valence-corrected chi connectivity index (χ0v) is 14.0. The monoisotopic (exact) mass is 379 g/mol. The summed E-state index contributed by atoms with van der Waals surface area (Å²) in [6.07, 6.45) is 2.26. The van der Waals surface area contributed by atoms with E-state index in [-0.39, 0.29) is 4.90 Å². The van der Waals surface area contributed by atoms with Crippen molar-refractivity contribution in [2.75, 3.05) is 6.54 Å². The van der Waals surface area contributed by atoms with Gasteiger partial charge >= 0.3 is 0 Å². The molecule has 0 aliphatic heterocycles. The lowest BCUT2D eigenvalue weighted by atomic mass is 10.1. The summed E-state index contributed by atoms with van der Waals surface area (Å²) in [6, 6.07) is 14.3. The highest BCUT2D eigenvalue weighted by atomic mass is 79.9. The van der Waals surface area contributed by atoms with E-state index in [4.69, 9.17) is 4.42 Å². The first-order valence-electron chi connectivity index (χ1n) is 6.76. The first-order chi connectivity index (χ1) is 10.6. The summed E-state index contributed by atoms with van der Waals surface area (Å²) in [5.74, 6) is 0. The highest BCUT2D eigenvalue weighted by molar-refractivity contribution is 9.10. The van der Waals surface area contributed by atoms with Gasteiger partial charge in [-0.25, -0.2) is 13.1 Å². The Bertz CT molecular complexity index is 885. The molecule has 0 spiro atoms. The fourth-order valence-corrected chi connectivity index (χ4v) is 3.54. The zero-order valence-electron chi connectivity index (χ0n) is 11.6. The van der Waals surface area contributed by atoms with Gasteiger partial charge in [-0.2, -0.15) is 0 Å². The fourth-order valence-electron chi connectivity index (χ4n) is 2.24. The van der Waals surface area contributed by atoms with Crippen LogP contribution in [-0.2, 0) is 16.4 Å². The summed E-state index contributed by atoms with van der Waals surface area (Å²) in [6.45, 7) is 0.321. The Morgan fingerprint density at radius 1 is 1.05 bits per heavy atom. The molecule has 1 N–H and O–H groups in total. The van der Waals surface area contributed by atoms with Crippen molar-refractivity contribution in [3.8, 4) is 0 Å². The lowest BCUT2D eigenvalue weighted by molar-refractivity contribution is 0.580. The molecule has 0 atom stereocenters. The van der Waals surface area contributed by atoms with Crippen molar-refractivity contribution in [1.82, 2.24) is 4.72 Å². The third-order valence-corrected chi connectivity index (χ3v) is 5.38. The van der Waals surface area contributed by atoms with Crippen molar-refractivity contribution in [2.24, 2.45) is 0 Å². The molecule has 0 unspecified atom stereocenters. The van der Waals surface area contributed by atoms with Crippen molar-refractivity contribution in [3.63, 3.8) is 0 Å². The third-order valence-electron chi connectivity index (χ3n) is 3.37. The van der Waals surface area contributed by atoms with Crippen molar-refractivity contribution in [3.05, 3.63) is 64.8 Å².